The minimum Gasteiger partial charge on any atom is -0.482 e. The molecule has 128 valence electrons. The predicted molar refractivity (Wildman–Crippen MR) is 97.3 cm³/mol. The summed E-state index contributed by atoms with van der Waals surface area (Å²) in [7, 11) is 0. The predicted octanol–water partition coefficient (Wildman–Crippen LogP) is 3.24. The Morgan fingerprint density at radius 2 is 1.65 bits per heavy atom. The third-order valence-electron chi connectivity index (χ3n) is 3.84. The van der Waals surface area contributed by atoms with Crippen LogP contribution < -0.4 is 10.1 Å². The van der Waals surface area contributed by atoms with Gasteiger partial charge >= 0.3 is 0 Å². The molecule has 1 N–H and O–H groups in total. The van der Waals surface area contributed by atoms with Crippen molar-refractivity contribution in [3.63, 3.8) is 0 Å². The van der Waals surface area contributed by atoms with E-state index in [0.29, 0.717) is 11.3 Å². The fourth-order valence-electron chi connectivity index (χ4n) is 2.59. The Labute approximate surface area is 151 Å². The zero-order chi connectivity index (χ0) is 18.2. The van der Waals surface area contributed by atoms with Gasteiger partial charge in [-0.1, -0.05) is 42.5 Å². The van der Waals surface area contributed by atoms with E-state index in [1.54, 1.807) is 36.7 Å². The van der Waals surface area contributed by atoms with Gasteiger partial charge in [-0.3, -0.25) is 9.78 Å². The minimum atomic E-state index is -0.304. The maximum Gasteiger partial charge on any atom is 0.258 e. The van der Waals surface area contributed by atoms with Crippen molar-refractivity contribution in [2.24, 2.45) is 0 Å². The number of nitrogens with zero attached hydrogens (tertiary/aromatic N) is 2. The highest BCUT2D eigenvalue weighted by Gasteiger charge is 2.17. The Morgan fingerprint density at radius 1 is 1.00 bits per heavy atom. The van der Waals surface area contributed by atoms with Crippen LogP contribution in [0, 0.1) is 11.3 Å². The molecule has 5 nitrogen and oxygen atoms in total. The van der Waals surface area contributed by atoms with Crippen LogP contribution in [0.15, 0.2) is 79.1 Å². The molecule has 0 saturated carbocycles. The quantitative estimate of drug-likeness (QED) is 0.745. The normalized spacial score (nSPS) is 11.2. The van der Waals surface area contributed by atoms with Crippen LogP contribution >= 0.6 is 0 Å². The molecule has 0 radical (unpaired) electrons. The summed E-state index contributed by atoms with van der Waals surface area (Å²) in [5.41, 5.74) is 2.29. The molecule has 3 aromatic rings. The highest BCUT2D eigenvalue weighted by atomic mass is 16.5. The molecule has 0 aliphatic rings. The number of hydrogen-bond acceptors (Lipinski definition) is 4. The summed E-state index contributed by atoms with van der Waals surface area (Å²) >= 11 is 0. The van der Waals surface area contributed by atoms with Crippen molar-refractivity contribution in [2.45, 2.75) is 6.04 Å². The summed E-state index contributed by atoms with van der Waals surface area (Å²) in [6.07, 6.45) is 3.38. The number of hydrogen-bond donors (Lipinski definition) is 1. The lowest BCUT2D eigenvalue weighted by atomic mass is 10.00. The smallest absolute Gasteiger partial charge is 0.258 e. The second-order valence-electron chi connectivity index (χ2n) is 5.59. The lowest BCUT2D eigenvalue weighted by molar-refractivity contribution is -0.123. The van der Waals surface area contributed by atoms with Gasteiger partial charge in [-0.05, 0) is 35.4 Å². The summed E-state index contributed by atoms with van der Waals surface area (Å²) in [6, 6.07) is 22.0. The monoisotopic (exact) mass is 343 g/mol. The Bertz CT molecular complexity index is 866. The first-order valence-electron chi connectivity index (χ1n) is 8.14. The van der Waals surface area contributed by atoms with Gasteiger partial charge in [0.2, 0.25) is 0 Å². The Hall–Kier alpha value is -3.65. The van der Waals surface area contributed by atoms with E-state index >= 15 is 0 Å². The third-order valence-corrected chi connectivity index (χ3v) is 3.84. The second-order valence-corrected chi connectivity index (χ2v) is 5.59. The number of nitriles is 1. The summed E-state index contributed by atoms with van der Waals surface area (Å²) < 4.78 is 5.52. The Balaban J connectivity index is 1.73. The van der Waals surface area contributed by atoms with Crippen LogP contribution in [0.4, 0.5) is 0 Å². The molecule has 1 amide bonds. The summed E-state index contributed by atoms with van der Waals surface area (Å²) in [5.74, 6) is 0.119. The van der Waals surface area contributed by atoms with Crippen molar-refractivity contribution < 1.29 is 9.53 Å². The van der Waals surface area contributed by atoms with E-state index in [2.05, 4.69) is 10.3 Å². The fraction of sp³-hybridized carbons (Fsp3) is 0.0952. The van der Waals surface area contributed by atoms with Gasteiger partial charge in [0, 0.05) is 12.4 Å². The van der Waals surface area contributed by atoms with Crippen LogP contribution in [0.2, 0.25) is 0 Å². The van der Waals surface area contributed by atoms with Crippen molar-refractivity contribution in [3.05, 3.63) is 95.8 Å². The van der Waals surface area contributed by atoms with E-state index in [-0.39, 0.29) is 18.6 Å². The number of carbonyl (C=O) groups is 1. The van der Waals surface area contributed by atoms with E-state index < -0.39 is 0 Å². The molecular formula is C21H17N3O2. The summed E-state index contributed by atoms with van der Waals surface area (Å²) in [6.45, 7) is -0.174. The number of ether oxygens (including phenoxy) is 1. The SMILES string of the molecule is N#Cc1ccccc1OCC(=O)NC(c1ccccc1)c1ccncc1. The van der Waals surface area contributed by atoms with Gasteiger partial charge in [0.25, 0.3) is 5.91 Å². The van der Waals surface area contributed by atoms with Gasteiger partial charge in [-0.25, -0.2) is 0 Å². The largest absolute Gasteiger partial charge is 0.482 e. The van der Waals surface area contributed by atoms with Gasteiger partial charge in [-0.15, -0.1) is 0 Å². The molecule has 0 fully saturated rings. The maximum absolute atomic E-state index is 12.4. The molecule has 0 aliphatic carbocycles. The first-order valence-corrected chi connectivity index (χ1v) is 8.14. The van der Waals surface area contributed by atoms with Crippen LogP contribution in [-0.2, 0) is 4.79 Å². The van der Waals surface area contributed by atoms with Crippen LogP contribution in [0.3, 0.4) is 0 Å². The van der Waals surface area contributed by atoms with E-state index in [1.807, 2.05) is 48.5 Å². The van der Waals surface area contributed by atoms with Crippen molar-refractivity contribution in [2.75, 3.05) is 6.61 Å². The van der Waals surface area contributed by atoms with E-state index in [0.717, 1.165) is 11.1 Å². The number of aromatic nitrogens is 1. The summed E-state index contributed by atoms with van der Waals surface area (Å²) in [4.78, 5) is 16.5. The molecule has 2 aromatic carbocycles. The fourth-order valence-corrected chi connectivity index (χ4v) is 2.59. The van der Waals surface area contributed by atoms with Crippen molar-refractivity contribution in [3.8, 4) is 11.8 Å². The Morgan fingerprint density at radius 3 is 2.38 bits per heavy atom. The molecule has 0 saturated heterocycles. The molecule has 1 atom stereocenters. The van der Waals surface area contributed by atoms with Gasteiger partial charge in [0.1, 0.15) is 11.8 Å². The molecule has 0 bridgehead atoms. The highest BCUT2D eigenvalue weighted by Crippen LogP contribution is 2.21. The maximum atomic E-state index is 12.4. The highest BCUT2D eigenvalue weighted by molar-refractivity contribution is 5.78. The number of pyridine rings is 1. The van der Waals surface area contributed by atoms with Crippen LogP contribution in [-0.4, -0.2) is 17.5 Å². The van der Waals surface area contributed by atoms with E-state index in [9.17, 15) is 4.79 Å². The number of benzene rings is 2. The second kappa shape index (κ2) is 8.45. The third kappa shape index (κ3) is 4.25. The molecule has 1 unspecified atom stereocenters. The van der Waals surface area contributed by atoms with Gasteiger partial charge in [0.15, 0.2) is 6.61 Å². The van der Waals surface area contributed by atoms with E-state index in [1.165, 1.54) is 0 Å². The number of carbonyl (C=O) groups excluding carboxylic acids is 1. The van der Waals surface area contributed by atoms with Crippen LogP contribution in [0.25, 0.3) is 0 Å². The zero-order valence-corrected chi connectivity index (χ0v) is 14.0. The topological polar surface area (TPSA) is 75.0 Å². The van der Waals surface area contributed by atoms with Gasteiger partial charge < -0.3 is 10.1 Å². The lowest BCUT2D eigenvalue weighted by Gasteiger charge is -2.20. The van der Waals surface area contributed by atoms with Crippen molar-refractivity contribution in [1.82, 2.24) is 10.3 Å². The van der Waals surface area contributed by atoms with E-state index in [4.69, 9.17) is 10.00 Å². The molecule has 3 rings (SSSR count). The molecule has 26 heavy (non-hydrogen) atoms. The number of nitrogens with one attached hydrogen (secondary N) is 1. The standard InChI is InChI=1S/C21H17N3O2/c22-14-18-8-4-5-9-19(18)26-15-20(25)24-21(16-6-2-1-3-7-16)17-10-12-23-13-11-17/h1-13,21H,15H2,(H,24,25). The summed E-state index contributed by atoms with van der Waals surface area (Å²) in [5, 5.41) is 12.1. The molecule has 1 heterocycles. The van der Waals surface area contributed by atoms with Gasteiger partial charge in [-0.2, -0.15) is 5.26 Å². The minimum absolute atomic E-state index is 0.174. The first-order chi connectivity index (χ1) is 12.8. The van der Waals surface area contributed by atoms with Gasteiger partial charge in [0.05, 0.1) is 11.6 Å². The zero-order valence-electron chi connectivity index (χ0n) is 14.0. The number of para-hydroxylation sites is 1. The van der Waals surface area contributed by atoms with Crippen LogP contribution in [0.5, 0.6) is 5.75 Å². The molecule has 0 spiro atoms. The number of rotatable bonds is 6. The number of amides is 1. The first kappa shape index (κ1) is 17.2. The molecule has 5 heteroatoms. The lowest BCUT2D eigenvalue weighted by Crippen LogP contribution is -2.33. The average Bonchev–Trinajstić information content (AvgIpc) is 2.72. The Kier molecular flexibility index (Phi) is 5.58. The van der Waals surface area contributed by atoms with Crippen molar-refractivity contribution >= 4 is 5.91 Å². The molecule has 1 aromatic heterocycles. The van der Waals surface area contributed by atoms with Crippen LogP contribution in [0.1, 0.15) is 22.7 Å². The molecule has 0 aliphatic heterocycles. The van der Waals surface area contributed by atoms with Crippen molar-refractivity contribution in [1.29, 1.82) is 5.26 Å². The molecular weight excluding hydrogens is 326 g/mol. The average molecular weight is 343 g/mol.